The summed E-state index contributed by atoms with van der Waals surface area (Å²) in [5.41, 5.74) is 3.55. The molecule has 0 fully saturated rings. The van der Waals surface area contributed by atoms with Crippen LogP contribution in [0.25, 0.3) is 0 Å². The highest BCUT2D eigenvalue weighted by molar-refractivity contribution is 5.71. The van der Waals surface area contributed by atoms with Gasteiger partial charge in [0.1, 0.15) is 6.10 Å². The molecule has 0 radical (unpaired) electrons. The van der Waals surface area contributed by atoms with E-state index in [4.69, 9.17) is 9.84 Å². The fourth-order valence-corrected chi connectivity index (χ4v) is 2.27. The molecule has 0 saturated heterocycles. The summed E-state index contributed by atoms with van der Waals surface area (Å²) in [4.78, 5) is 22.2. The topological polar surface area (TPSA) is 103 Å². The Hall–Kier alpha value is -1.56. The molecular formula is C15H27N2O4+. The van der Waals surface area contributed by atoms with E-state index in [1.54, 1.807) is 0 Å². The summed E-state index contributed by atoms with van der Waals surface area (Å²) in [6.07, 6.45) is 10.8. The van der Waals surface area contributed by atoms with Crippen molar-refractivity contribution in [3.05, 3.63) is 12.2 Å². The molecule has 0 bridgehead atoms. The first-order chi connectivity index (χ1) is 10.1. The molecule has 5 N–H and O–H groups in total. The number of ether oxygens (including phenoxy) is 1. The molecule has 2 unspecified atom stereocenters. The van der Waals surface area contributed by atoms with Crippen molar-refractivity contribution < 1.29 is 25.2 Å². The normalized spacial score (nSPS) is 21.7. The van der Waals surface area contributed by atoms with Crippen LogP contribution in [0, 0.1) is 0 Å². The van der Waals surface area contributed by atoms with E-state index in [1.807, 2.05) is 0 Å². The van der Waals surface area contributed by atoms with Gasteiger partial charge in [-0.05, 0) is 44.9 Å². The van der Waals surface area contributed by atoms with Crippen LogP contribution in [0.5, 0.6) is 0 Å². The maximum atomic E-state index is 11.7. The largest absolute Gasteiger partial charge is 0.477 e. The summed E-state index contributed by atoms with van der Waals surface area (Å²) in [5.74, 6) is -0.874. The third kappa shape index (κ3) is 8.34. The molecular weight excluding hydrogens is 272 g/mol. The van der Waals surface area contributed by atoms with E-state index in [0.717, 1.165) is 44.9 Å². The molecule has 2 atom stereocenters. The number of hydrogen-bond donors (Lipinski definition) is 3. The van der Waals surface area contributed by atoms with Gasteiger partial charge in [0.05, 0.1) is 0 Å². The van der Waals surface area contributed by atoms with Gasteiger partial charge in [-0.2, -0.15) is 0 Å². The van der Waals surface area contributed by atoms with Crippen LogP contribution in [0.2, 0.25) is 0 Å². The number of nitrogens with one attached hydrogen (secondary N) is 1. The first-order valence-corrected chi connectivity index (χ1v) is 7.75. The van der Waals surface area contributed by atoms with Gasteiger partial charge in [0, 0.05) is 13.0 Å². The molecule has 0 aromatic carbocycles. The van der Waals surface area contributed by atoms with Crippen molar-refractivity contribution in [2.75, 3.05) is 6.54 Å². The smallest absolute Gasteiger partial charge is 0.407 e. The quantitative estimate of drug-likeness (QED) is 0.489. The standard InChI is InChI=1S/C15H26N2O4/c16-13(14(18)19)10-6-7-11-17-15(20)21-12-8-4-2-1-3-5-9-12/h1-2,12-13H,3-11,16H2,(H,17,20)(H,18,19)/p+1/b2-1+. The number of carboxylic acids is 1. The Labute approximate surface area is 125 Å². The molecule has 1 aliphatic rings. The molecule has 0 saturated carbocycles. The SMILES string of the molecule is [NH3+]C(CCCCNC(=O)OC1CC/C=C/CCC1)C(=O)O. The monoisotopic (exact) mass is 299 g/mol. The minimum atomic E-state index is -0.874. The maximum absolute atomic E-state index is 11.7. The molecule has 21 heavy (non-hydrogen) atoms. The first-order valence-electron chi connectivity index (χ1n) is 7.75. The number of quaternary nitrogens is 1. The number of hydrogen-bond acceptors (Lipinski definition) is 3. The zero-order chi connectivity index (χ0) is 15.5. The van der Waals surface area contributed by atoms with Crippen molar-refractivity contribution in [1.82, 2.24) is 5.32 Å². The van der Waals surface area contributed by atoms with Gasteiger partial charge in [0.25, 0.3) is 0 Å². The van der Waals surface area contributed by atoms with Gasteiger partial charge in [0.2, 0.25) is 0 Å². The molecule has 6 nitrogen and oxygen atoms in total. The first kappa shape index (κ1) is 17.5. The molecule has 0 aromatic rings. The number of alkyl carbamates (subject to hydrolysis) is 1. The van der Waals surface area contributed by atoms with Gasteiger partial charge >= 0.3 is 12.1 Å². The summed E-state index contributed by atoms with van der Waals surface area (Å²) in [7, 11) is 0. The molecule has 120 valence electrons. The zero-order valence-corrected chi connectivity index (χ0v) is 12.6. The van der Waals surface area contributed by atoms with Gasteiger partial charge < -0.3 is 20.9 Å². The van der Waals surface area contributed by atoms with Crippen LogP contribution in [0.3, 0.4) is 0 Å². The van der Waals surface area contributed by atoms with E-state index in [1.165, 1.54) is 0 Å². The van der Waals surface area contributed by atoms with Crippen molar-refractivity contribution in [1.29, 1.82) is 0 Å². The average Bonchev–Trinajstić information content (AvgIpc) is 2.41. The van der Waals surface area contributed by atoms with Crippen LogP contribution in [0.15, 0.2) is 12.2 Å². The van der Waals surface area contributed by atoms with Crippen LogP contribution < -0.4 is 11.1 Å². The molecule has 0 spiro atoms. The Balaban J connectivity index is 2.08. The fourth-order valence-electron chi connectivity index (χ4n) is 2.27. The number of rotatable bonds is 7. The van der Waals surface area contributed by atoms with E-state index in [-0.39, 0.29) is 12.2 Å². The Morgan fingerprint density at radius 2 is 2.05 bits per heavy atom. The second kappa shape index (κ2) is 10.2. The number of allylic oxidation sites excluding steroid dienone is 2. The van der Waals surface area contributed by atoms with Crippen LogP contribution >= 0.6 is 0 Å². The second-order valence-electron chi connectivity index (χ2n) is 5.46. The molecule has 6 heteroatoms. The number of carbonyl (C=O) groups is 2. The Morgan fingerprint density at radius 1 is 1.29 bits per heavy atom. The highest BCUT2D eigenvalue weighted by Crippen LogP contribution is 2.15. The van der Waals surface area contributed by atoms with Crippen molar-refractivity contribution >= 4 is 12.1 Å². The number of amides is 1. The zero-order valence-electron chi connectivity index (χ0n) is 12.6. The van der Waals surface area contributed by atoms with Crippen LogP contribution in [0.1, 0.15) is 51.4 Å². The van der Waals surface area contributed by atoms with Crippen LogP contribution in [-0.4, -0.2) is 35.9 Å². The highest BCUT2D eigenvalue weighted by atomic mass is 16.6. The second-order valence-corrected chi connectivity index (χ2v) is 5.46. The predicted molar refractivity (Wildman–Crippen MR) is 78.7 cm³/mol. The molecule has 1 aliphatic carbocycles. The highest BCUT2D eigenvalue weighted by Gasteiger charge is 2.15. The molecule has 1 amide bonds. The Morgan fingerprint density at radius 3 is 2.81 bits per heavy atom. The van der Waals surface area contributed by atoms with Crippen LogP contribution in [0.4, 0.5) is 4.79 Å². The third-order valence-electron chi connectivity index (χ3n) is 3.59. The number of aliphatic carboxylic acids is 1. The average molecular weight is 299 g/mol. The maximum Gasteiger partial charge on any atom is 0.407 e. The number of unbranched alkanes of at least 4 members (excludes halogenated alkanes) is 1. The molecule has 0 aromatic heterocycles. The van der Waals surface area contributed by atoms with Gasteiger partial charge in [-0.25, -0.2) is 9.59 Å². The minimum Gasteiger partial charge on any atom is -0.477 e. The van der Waals surface area contributed by atoms with E-state index >= 15 is 0 Å². The van der Waals surface area contributed by atoms with Crippen molar-refractivity contribution in [2.45, 2.75) is 63.5 Å². The third-order valence-corrected chi connectivity index (χ3v) is 3.59. The number of carboxylic acid groups (broad SMARTS) is 1. The summed E-state index contributed by atoms with van der Waals surface area (Å²) in [5, 5.41) is 11.4. The van der Waals surface area contributed by atoms with E-state index in [9.17, 15) is 9.59 Å². The lowest BCUT2D eigenvalue weighted by Gasteiger charge is -2.18. The lowest BCUT2D eigenvalue weighted by Crippen LogP contribution is -2.64. The summed E-state index contributed by atoms with van der Waals surface area (Å²) >= 11 is 0. The predicted octanol–water partition coefficient (Wildman–Crippen LogP) is 1.47. The van der Waals surface area contributed by atoms with Gasteiger partial charge in [0.15, 0.2) is 6.04 Å². The van der Waals surface area contributed by atoms with Crippen molar-refractivity contribution in [2.24, 2.45) is 0 Å². The van der Waals surface area contributed by atoms with E-state index in [0.29, 0.717) is 13.0 Å². The summed E-state index contributed by atoms with van der Waals surface area (Å²) in [6, 6.07) is -0.570. The molecule has 1 rings (SSSR count). The Bertz CT molecular complexity index is 358. The summed E-state index contributed by atoms with van der Waals surface area (Å²) in [6.45, 7) is 0.512. The van der Waals surface area contributed by atoms with Crippen molar-refractivity contribution in [3.63, 3.8) is 0 Å². The summed E-state index contributed by atoms with van der Waals surface area (Å²) < 4.78 is 5.40. The van der Waals surface area contributed by atoms with E-state index < -0.39 is 12.0 Å². The van der Waals surface area contributed by atoms with Gasteiger partial charge in [-0.3, -0.25) is 0 Å². The lowest BCUT2D eigenvalue weighted by atomic mass is 10.0. The Kier molecular flexibility index (Phi) is 8.50. The van der Waals surface area contributed by atoms with E-state index in [2.05, 4.69) is 23.2 Å². The number of carbonyl (C=O) groups excluding carboxylic acids is 1. The lowest BCUT2D eigenvalue weighted by molar-refractivity contribution is -0.409. The van der Waals surface area contributed by atoms with Gasteiger partial charge in [-0.1, -0.05) is 12.2 Å². The van der Waals surface area contributed by atoms with Gasteiger partial charge in [-0.15, -0.1) is 0 Å². The molecule has 0 heterocycles. The fraction of sp³-hybridized carbons (Fsp3) is 0.733. The minimum absolute atomic E-state index is 0.00572. The van der Waals surface area contributed by atoms with Crippen molar-refractivity contribution in [3.8, 4) is 0 Å². The van der Waals surface area contributed by atoms with Crippen LogP contribution in [-0.2, 0) is 9.53 Å². The molecule has 0 aliphatic heterocycles.